The molecule has 20 heavy (non-hydrogen) atoms. The smallest absolute Gasteiger partial charge is 0.109 e. The van der Waals surface area contributed by atoms with Gasteiger partial charge >= 0.3 is 0 Å². The van der Waals surface area contributed by atoms with Gasteiger partial charge in [0.15, 0.2) is 0 Å². The highest BCUT2D eigenvalue weighted by molar-refractivity contribution is 7.09. The fourth-order valence-electron chi connectivity index (χ4n) is 2.61. The molecule has 0 saturated heterocycles. The van der Waals surface area contributed by atoms with Gasteiger partial charge in [-0.15, -0.1) is 11.3 Å². The van der Waals surface area contributed by atoms with E-state index in [4.69, 9.17) is 0 Å². The summed E-state index contributed by atoms with van der Waals surface area (Å²) in [5.41, 5.74) is 1.34. The maximum atomic E-state index is 4.38. The second-order valence-corrected chi connectivity index (χ2v) is 5.97. The van der Waals surface area contributed by atoms with Crippen molar-refractivity contribution in [3.05, 3.63) is 64.6 Å². The average Bonchev–Trinajstić information content (AvgIpc) is 3.01. The number of benzene rings is 2. The van der Waals surface area contributed by atoms with Gasteiger partial charge in [-0.3, -0.25) is 0 Å². The van der Waals surface area contributed by atoms with Crippen molar-refractivity contribution in [1.29, 1.82) is 0 Å². The first-order valence-corrected chi connectivity index (χ1v) is 7.77. The van der Waals surface area contributed by atoms with Crippen LogP contribution < -0.4 is 5.32 Å². The van der Waals surface area contributed by atoms with E-state index in [-0.39, 0.29) is 6.04 Å². The topological polar surface area (TPSA) is 24.9 Å². The maximum Gasteiger partial charge on any atom is 0.109 e. The average molecular weight is 282 g/mol. The Balaban J connectivity index is 1.87. The molecule has 2 atom stereocenters. The Kier molecular flexibility index (Phi) is 3.81. The third-order valence-corrected chi connectivity index (χ3v) is 4.57. The summed E-state index contributed by atoms with van der Waals surface area (Å²) in [5.74, 6) is 0. The summed E-state index contributed by atoms with van der Waals surface area (Å²) in [6.07, 6.45) is 1.86. The van der Waals surface area contributed by atoms with Gasteiger partial charge in [0.05, 0.1) is 6.04 Å². The van der Waals surface area contributed by atoms with Crippen LogP contribution in [0.25, 0.3) is 10.8 Å². The monoisotopic (exact) mass is 282 g/mol. The molecule has 3 heteroatoms. The number of thiazole rings is 1. The zero-order valence-electron chi connectivity index (χ0n) is 11.7. The number of nitrogens with one attached hydrogen (secondary N) is 1. The lowest BCUT2D eigenvalue weighted by Crippen LogP contribution is -2.22. The Bertz CT molecular complexity index is 686. The van der Waals surface area contributed by atoms with Crippen LogP contribution in [0.5, 0.6) is 0 Å². The first-order chi connectivity index (χ1) is 9.75. The van der Waals surface area contributed by atoms with Gasteiger partial charge in [0.1, 0.15) is 5.01 Å². The van der Waals surface area contributed by atoms with Crippen LogP contribution in [0.2, 0.25) is 0 Å². The van der Waals surface area contributed by atoms with E-state index in [1.807, 2.05) is 11.6 Å². The summed E-state index contributed by atoms with van der Waals surface area (Å²) in [4.78, 5) is 4.38. The molecule has 1 aromatic heterocycles. The van der Waals surface area contributed by atoms with E-state index in [1.54, 1.807) is 11.3 Å². The van der Waals surface area contributed by atoms with Gasteiger partial charge < -0.3 is 5.32 Å². The summed E-state index contributed by atoms with van der Waals surface area (Å²) in [5, 5.41) is 9.41. The Morgan fingerprint density at radius 1 is 1.00 bits per heavy atom. The lowest BCUT2D eigenvalue weighted by Gasteiger charge is -2.20. The fourth-order valence-corrected chi connectivity index (χ4v) is 3.27. The van der Waals surface area contributed by atoms with E-state index in [0.717, 1.165) is 5.01 Å². The number of nitrogens with zero attached hydrogens (tertiary/aromatic N) is 1. The summed E-state index contributed by atoms with van der Waals surface area (Å²) in [7, 11) is 0. The normalized spacial score (nSPS) is 14.3. The maximum absolute atomic E-state index is 4.38. The number of rotatable bonds is 4. The highest BCUT2D eigenvalue weighted by Gasteiger charge is 2.14. The highest BCUT2D eigenvalue weighted by Crippen LogP contribution is 2.26. The van der Waals surface area contributed by atoms with Crippen LogP contribution in [0.15, 0.2) is 54.0 Å². The van der Waals surface area contributed by atoms with Crippen molar-refractivity contribution in [2.75, 3.05) is 0 Å². The Hall–Kier alpha value is -1.71. The number of aromatic nitrogens is 1. The second kappa shape index (κ2) is 5.73. The summed E-state index contributed by atoms with van der Waals surface area (Å²) < 4.78 is 0. The lowest BCUT2D eigenvalue weighted by molar-refractivity contribution is 0.495. The molecule has 0 aliphatic carbocycles. The van der Waals surface area contributed by atoms with E-state index in [0.29, 0.717) is 6.04 Å². The van der Waals surface area contributed by atoms with E-state index in [2.05, 4.69) is 66.6 Å². The van der Waals surface area contributed by atoms with Crippen LogP contribution >= 0.6 is 11.3 Å². The number of hydrogen-bond acceptors (Lipinski definition) is 3. The largest absolute Gasteiger partial charge is 0.301 e. The van der Waals surface area contributed by atoms with Gasteiger partial charge in [0, 0.05) is 17.6 Å². The lowest BCUT2D eigenvalue weighted by atomic mass is 9.99. The molecule has 0 bridgehead atoms. The number of hydrogen-bond donors (Lipinski definition) is 1. The van der Waals surface area contributed by atoms with E-state index < -0.39 is 0 Å². The van der Waals surface area contributed by atoms with Crippen LogP contribution in [-0.4, -0.2) is 4.98 Å². The predicted octanol–water partition coefficient (Wildman–Crippen LogP) is 4.71. The molecule has 3 aromatic rings. The fraction of sp³-hybridized carbons (Fsp3) is 0.235. The molecule has 1 N–H and O–H groups in total. The Morgan fingerprint density at radius 3 is 2.60 bits per heavy atom. The van der Waals surface area contributed by atoms with Crippen molar-refractivity contribution < 1.29 is 0 Å². The third kappa shape index (κ3) is 2.60. The quantitative estimate of drug-likeness (QED) is 0.749. The van der Waals surface area contributed by atoms with Gasteiger partial charge in [-0.25, -0.2) is 4.98 Å². The molecular weight excluding hydrogens is 264 g/mol. The molecule has 0 aliphatic rings. The van der Waals surface area contributed by atoms with Crippen LogP contribution in [0.3, 0.4) is 0 Å². The van der Waals surface area contributed by atoms with Crippen molar-refractivity contribution in [3.8, 4) is 0 Å². The van der Waals surface area contributed by atoms with Gasteiger partial charge in [0.25, 0.3) is 0 Å². The van der Waals surface area contributed by atoms with E-state index >= 15 is 0 Å². The molecule has 0 saturated carbocycles. The predicted molar refractivity (Wildman–Crippen MR) is 86.0 cm³/mol. The first-order valence-electron chi connectivity index (χ1n) is 6.89. The summed E-state index contributed by atoms with van der Waals surface area (Å²) in [6, 6.07) is 15.6. The van der Waals surface area contributed by atoms with E-state index in [9.17, 15) is 0 Å². The molecule has 1 heterocycles. The van der Waals surface area contributed by atoms with Crippen LogP contribution in [-0.2, 0) is 0 Å². The van der Waals surface area contributed by atoms with Crippen LogP contribution in [0, 0.1) is 0 Å². The second-order valence-electron chi connectivity index (χ2n) is 5.05. The highest BCUT2D eigenvalue weighted by atomic mass is 32.1. The standard InChI is InChI=1S/C17H18N2S/c1-12(19-13(2)17-18-10-11-20-17)15-9-5-7-14-6-3-4-8-16(14)15/h3-13,19H,1-2H3. The Labute approximate surface area is 123 Å². The molecule has 2 aromatic carbocycles. The van der Waals surface area contributed by atoms with Crippen molar-refractivity contribution in [1.82, 2.24) is 10.3 Å². The van der Waals surface area contributed by atoms with Gasteiger partial charge in [0.2, 0.25) is 0 Å². The van der Waals surface area contributed by atoms with Crippen LogP contribution in [0.1, 0.15) is 36.5 Å². The minimum Gasteiger partial charge on any atom is -0.301 e. The zero-order valence-corrected chi connectivity index (χ0v) is 12.5. The minimum absolute atomic E-state index is 0.268. The van der Waals surface area contributed by atoms with Crippen molar-refractivity contribution in [3.63, 3.8) is 0 Å². The SMILES string of the molecule is CC(NC(C)c1cccc2ccccc12)c1nccs1. The van der Waals surface area contributed by atoms with Gasteiger partial charge in [-0.1, -0.05) is 42.5 Å². The molecular formula is C17H18N2S. The molecule has 0 amide bonds. The molecule has 102 valence electrons. The van der Waals surface area contributed by atoms with Crippen molar-refractivity contribution in [2.24, 2.45) is 0 Å². The van der Waals surface area contributed by atoms with Gasteiger partial charge in [-0.2, -0.15) is 0 Å². The molecule has 2 nitrogen and oxygen atoms in total. The molecule has 3 rings (SSSR count). The zero-order chi connectivity index (χ0) is 13.9. The minimum atomic E-state index is 0.268. The van der Waals surface area contributed by atoms with Crippen molar-refractivity contribution >= 4 is 22.1 Å². The molecule has 0 fully saturated rings. The number of fused-ring (bicyclic) bond motifs is 1. The Morgan fingerprint density at radius 2 is 1.80 bits per heavy atom. The third-order valence-electron chi connectivity index (χ3n) is 3.61. The molecule has 0 spiro atoms. The van der Waals surface area contributed by atoms with E-state index in [1.165, 1.54) is 16.3 Å². The molecule has 2 unspecified atom stereocenters. The van der Waals surface area contributed by atoms with Gasteiger partial charge in [-0.05, 0) is 30.2 Å². The van der Waals surface area contributed by atoms with Crippen LogP contribution in [0.4, 0.5) is 0 Å². The summed E-state index contributed by atoms with van der Waals surface area (Å²) in [6.45, 7) is 4.38. The molecule has 0 aliphatic heterocycles. The van der Waals surface area contributed by atoms with Crippen molar-refractivity contribution in [2.45, 2.75) is 25.9 Å². The first kappa shape index (κ1) is 13.3. The summed E-state index contributed by atoms with van der Waals surface area (Å²) >= 11 is 1.70. The molecule has 0 radical (unpaired) electrons.